The van der Waals surface area contributed by atoms with Crippen LogP contribution in [0.2, 0.25) is 0 Å². The summed E-state index contributed by atoms with van der Waals surface area (Å²) in [6.07, 6.45) is 4.81. The fourth-order valence-electron chi connectivity index (χ4n) is 3.27. The lowest BCUT2D eigenvalue weighted by Gasteiger charge is -2.19. The summed E-state index contributed by atoms with van der Waals surface area (Å²) >= 11 is 1.69. The van der Waals surface area contributed by atoms with E-state index in [1.807, 2.05) is 6.07 Å². The van der Waals surface area contributed by atoms with Gasteiger partial charge >= 0.3 is 0 Å². The van der Waals surface area contributed by atoms with Crippen molar-refractivity contribution < 1.29 is 4.92 Å². The number of nitrogens with one attached hydrogen (secondary N) is 1. The van der Waals surface area contributed by atoms with Gasteiger partial charge in [0, 0.05) is 10.9 Å². The molecule has 1 aliphatic carbocycles. The molecule has 1 N–H and O–H groups in total. The van der Waals surface area contributed by atoms with Gasteiger partial charge in [-0.05, 0) is 53.5 Å². The fourth-order valence-corrected chi connectivity index (χ4v) is 4.08. The number of thiophene rings is 1. The van der Waals surface area contributed by atoms with Gasteiger partial charge in [-0.25, -0.2) is 4.98 Å². The van der Waals surface area contributed by atoms with Crippen LogP contribution < -0.4 is 5.32 Å². The zero-order valence-corrected chi connectivity index (χ0v) is 14.3. The summed E-state index contributed by atoms with van der Waals surface area (Å²) < 4.78 is 0. The van der Waals surface area contributed by atoms with Crippen molar-refractivity contribution >= 4 is 22.8 Å². The Kier molecular flexibility index (Phi) is 4.19. The molecule has 0 radical (unpaired) electrons. The van der Waals surface area contributed by atoms with Gasteiger partial charge in [0.25, 0.3) is 5.69 Å². The van der Waals surface area contributed by atoms with Crippen LogP contribution in [-0.4, -0.2) is 9.91 Å². The summed E-state index contributed by atoms with van der Waals surface area (Å²) in [5.74, 6) is 0.629. The molecule has 25 heavy (non-hydrogen) atoms. The van der Waals surface area contributed by atoms with Gasteiger partial charge in [0.2, 0.25) is 0 Å². The molecule has 0 spiro atoms. The quantitative estimate of drug-likeness (QED) is 0.532. The largest absolute Gasteiger partial charge is 0.358 e. The number of pyridine rings is 1. The first-order chi connectivity index (χ1) is 12.2. The maximum atomic E-state index is 10.8. The molecule has 1 aliphatic rings. The number of nitro groups is 1. The Morgan fingerprint density at radius 2 is 2.04 bits per heavy atom. The van der Waals surface area contributed by atoms with E-state index in [0.717, 1.165) is 12.8 Å². The van der Waals surface area contributed by atoms with Gasteiger partial charge < -0.3 is 5.32 Å². The summed E-state index contributed by atoms with van der Waals surface area (Å²) in [6.45, 7) is 0. The van der Waals surface area contributed by atoms with Gasteiger partial charge in [0.15, 0.2) is 0 Å². The van der Waals surface area contributed by atoms with E-state index in [-0.39, 0.29) is 11.7 Å². The maximum absolute atomic E-state index is 10.8. The first kappa shape index (κ1) is 15.8. The molecule has 0 fully saturated rings. The fraction of sp³-hybridized carbons (Fsp3) is 0.211. The highest BCUT2D eigenvalue weighted by Gasteiger charge is 2.19. The predicted molar refractivity (Wildman–Crippen MR) is 99.1 cm³/mol. The molecule has 6 heteroatoms. The summed E-state index contributed by atoms with van der Waals surface area (Å²) in [5, 5.41) is 16.3. The van der Waals surface area contributed by atoms with Crippen molar-refractivity contribution in [1.29, 1.82) is 0 Å². The van der Waals surface area contributed by atoms with Crippen LogP contribution in [0, 0.1) is 10.1 Å². The first-order valence-corrected chi connectivity index (χ1v) is 9.11. The third kappa shape index (κ3) is 3.25. The molecule has 2 heterocycles. The van der Waals surface area contributed by atoms with Crippen molar-refractivity contribution in [3.8, 4) is 0 Å². The molecule has 0 amide bonds. The van der Waals surface area contributed by atoms with Crippen LogP contribution in [0.5, 0.6) is 0 Å². The zero-order valence-electron chi connectivity index (χ0n) is 13.5. The standard InChI is InChI=1S/C19H17N3O2S/c23-22(24)16-8-9-18(20-12-16)21-19(17-5-2-10-25-17)15-7-6-13-3-1-4-14(13)11-15/h2,5-12,19H,1,3-4H2,(H,20,21)/t19-/m1/s1. The minimum atomic E-state index is -0.436. The van der Waals surface area contributed by atoms with Crippen LogP contribution in [0.4, 0.5) is 11.5 Å². The van der Waals surface area contributed by atoms with Crippen LogP contribution in [0.1, 0.15) is 34.0 Å². The van der Waals surface area contributed by atoms with Gasteiger partial charge in [0.05, 0.1) is 11.0 Å². The predicted octanol–water partition coefficient (Wildman–Crippen LogP) is 4.74. The van der Waals surface area contributed by atoms with Crippen molar-refractivity contribution in [2.45, 2.75) is 25.3 Å². The summed E-state index contributed by atoms with van der Waals surface area (Å²) in [6, 6.07) is 13.9. The van der Waals surface area contributed by atoms with E-state index >= 15 is 0 Å². The Morgan fingerprint density at radius 1 is 1.16 bits per heavy atom. The monoisotopic (exact) mass is 351 g/mol. The summed E-state index contributed by atoms with van der Waals surface area (Å²) in [7, 11) is 0. The number of anilines is 1. The van der Waals surface area contributed by atoms with E-state index in [1.165, 1.54) is 40.3 Å². The van der Waals surface area contributed by atoms with E-state index in [2.05, 4.69) is 39.9 Å². The molecular weight excluding hydrogens is 334 g/mol. The van der Waals surface area contributed by atoms with Crippen LogP contribution in [0.3, 0.4) is 0 Å². The lowest BCUT2D eigenvalue weighted by Crippen LogP contribution is -2.12. The molecule has 2 aromatic heterocycles. The van der Waals surface area contributed by atoms with Gasteiger partial charge in [0.1, 0.15) is 12.0 Å². The average Bonchev–Trinajstić information content (AvgIpc) is 3.31. The average molecular weight is 351 g/mol. The lowest BCUT2D eigenvalue weighted by molar-refractivity contribution is -0.385. The number of hydrogen-bond donors (Lipinski definition) is 1. The molecule has 0 bridgehead atoms. The van der Waals surface area contributed by atoms with Crippen molar-refractivity contribution in [3.63, 3.8) is 0 Å². The highest BCUT2D eigenvalue weighted by atomic mass is 32.1. The minimum absolute atomic E-state index is 0.00393. The normalized spacial score (nSPS) is 14.1. The Hall–Kier alpha value is -2.73. The molecule has 0 saturated heterocycles. The summed E-state index contributed by atoms with van der Waals surface area (Å²) in [5.41, 5.74) is 4.07. The first-order valence-electron chi connectivity index (χ1n) is 8.23. The van der Waals surface area contributed by atoms with Gasteiger partial charge in [-0.1, -0.05) is 24.3 Å². The minimum Gasteiger partial charge on any atom is -0.358 e. The van der Waals surface area contributed by atoms with Gasteiger partial charge in [-0.3, -0.25) is 10.1 Å². The lowest BCUT2D eigenvalue weighted by atomic mass is 10.00. The van der Waals surface area contributed by atoms with Crippen molar-refractivity contribution in [2.24, 2.45) is 0 Å². The van der Waals surface area contributed by atoms with E-state index in [0.29, 0.717) is 5.82 Å². The molecule has 126 valence electrons. The highest BCUT2D eigenvalue weighted by molar-refractivity contribution is 7.10. The highest BCUT2D eigenvalue weighted by Crippen LogP contribution is 2.32. The van der Waals surface area contributed by atoms with Gasteiger partial charge in [-0.2, -0.15) is 0 Å². The smallest absolute Gasteiger partial charge is 0.287 e. The SMILES string of the molecule is O=[N+]([O-])c1ccc(N[C@H](c2ccc3c(c2)CCC3)c2cccs2)nc1. The molecular formula is C19H17N3O2S. The second-order valence-corrected chi connectivity index (χ2v) is 7.11. The molecule has 1 aromatic carbocycles. The topological polar surface area (TPSA) is 68.1 Å². The third-order valence-electron chi connectivity index (χ3n) is 4.53. The van der Waals surface area contributed by atoms with E-state index in [4.69, 9.17) is 0 Å². The molecule has 4 rings (SSSR count). The Balaban J connectivity index is 1.66. The number of hydrogen-bond acceptors (Lipinski definition) is 5. The second-order valence-electron chi connectivity index (χ2n) is 6.13. The van der Waals surface area contributed by atoms with E-state index in [1.54, 1.807) is 17.4 Å². The molecule has 1 atom stereocenters. The number of benzene rings is 1. The third-order valence-corrected chi connectivity index (χ3v) is 5.47. The van der Waals surface area contributed by atoms with Crippen LogP contribution in [0.25, 0.3) is 0 Å². The number of fused-ring (bicyclic) bond motifs is 1. The van der Waals surface area contributed by atoms with Crippen molar-refractivity contribution in [1.82, 2.24) is 4.98 Å². The molecule has 5 nitrogen and oxygen atoms in total. The second kappa shape index (κ2) is 6.64. The van der Waals surface area contributed by atoms with E-state index in [9.17, 15) is 10.1 Å². The van der Waals surface area contributed by atoms with Crippen LogP contribution in [-0.2, 0) is 12.8 Å². The number of aryl methyl sites for hydroxylation is 2. The van der Waals surface area contributed by atoms with Crippen LogP contribution in [0.15, 0.2) is 54.0 Å². The van der Waals surface area contributed by atoms with Gasteiger partial charge in [-0.15, -0.1) is 11.3 Å². The van der Waals surface area contributed by atoms with Crippen LogP contribution >= 0.6 is 11.3 Å². The molecule has 0 aliphatic heterocycles. The Morgan fingerprint density at radius 3 is 2.76 bits per heavy atom. The number of nitrogens with zero attached hydrogens (tertiary/aromatic N) is 2. The zero-order chi connectivity index (χ0) is 17.2. The molecule has 3 aromatic rings. The Bertz CT molecular complexity index is 892. The molecule has 0 unspecified atom stereocenters. The molecule has 0 saturated carbocycles. The van der Waals surface area contributed by atoms with Crippen molar-refractivity contribution in [2.75, 3.05) is 5.32 Å². The number of aromatic nitrogens is 1. The van der Waals surface area contributed by atoms with E-state index < -0.39 is 4.92 Å². The summed E-state index contributed by atoms with van der Waals surface area (Å²) in [4.78, 5) is 15.8. The maximum Gasteiger partial charge on any atom is 0.287 e. The van der Waals surface area contributed by atoms with Crippen molar-refractivity contribution in [3.05, 3.63) is 85.7 Å². The Labute approximate surface area is 149 Å². The number of rotatable bonds is 5.